The van der Waals surface area contributed by atoms with Crippen LogP contribution in [0.25, 0.3) is 0 Å². The van der Waals surface area contributed by atoms with Crippen LogP contribution in [0.1, 0.15) is 6.92 Å². The number of nitrogens with zero attached hydrogens (tertiary/aromatic N) is 1. The highest BCUT2D eigenvalue weighted by Crippen LogP contribution is 2.00. The Morgan fingerprint density at radius 1 is 1.30 bits per heavy atom. The van der Waals surface area contributed by atoms with E-state index in [0.717, 1.165) is 4.90 Å². The second-order valence-electron chi connectivity index (χ2n) is 1.56. The van der Waals surface area contributed by atoms with Crippen LogP contribution in [0.2, 0.25) is 0 Å². The molecule has 52 valence electrons. The molecule has 0 saturated carbocycles. The first-order valence-corrected chi connectivity index (χ1v) is 3.31. The molecule has 0 radical (unpaired) electrons. The molecule has 0 bridgehead atoms. The van der Waals surface area contributed by atoms with E-state index in [2.05, 4.69) is 12.6 Å². The maximum atomic E-state index is 7.32. The number of nitriles is 1. The van der Waals surface area contributed by atoms with Crippen LogP contribution in [0.4, 0.5) is 0 Å². The highest BCUT2D eigenvalue weighted by molar-refractivity contribution is 7.80. The van der Waals surface area contributed by atoms with E-state index in [1.54, 1.807) is 6.07 Å². The van der Waals surface area contributed by atoms with Gasteiger partial charge in [0.25, 0.3) is 0 Å². The smallest absolute Gasteiger partial charge is 0.0587 e. The van der Waals surface area contributed by atoms with Gasteiger partial charge in [-0.15, -0.1) is 12.6 Å². The Hall–Kier alpha value is -0.940. The van der Waals surface area contributed by atoms with Gasteiger partial charge in [0.05, 0.1) is 6.07 Å². The van der Waals surface area contributed by atoms with Gasteiger partial charge >= 0.3 is 0 Å². The largest absolute Gasteiger partial charge is 0.199 e. The fourth-order valence-corrected chi connectivity index (χ4v) is 0.600. The van der Waals surface area contributed by atoms with E-state index < -0.39 is 0 Å². The molecule has 1 aromatic carbocycles. The highest BCUT2D eigenvalue weighted by Gasteiger charge is 1.73. The normalized spacial score (nSPS) is 6.90. The Labute approximate surface area is 66.7 Å². The van der Waals surface area contributed by atoms with Crippen molar-refractivity contribution in [3.63, 3.8) is 0 Å². The monoisotopic (exact) mass is 151 g/mol. The summed E-state index contributed by atoms with van der Waals surface area (Å²) in [5, 5.41) is 7.32. The lowest BCUT2D eigenvalue weighted by Crippen LogP contribution is -1.56. The summed E-state index contributed by atoms with van der Waals surface area (Å²) >= 11 is 4.08. The lowest BCUT2D eigenvalue weighted by Gasteiger charge is -1.81. The fraction of sp³-hybridized carbons (Fsp3) is 0.125. The molecule has 1 nitrogen and oxygen atoms in total. The van der Waals surface area contributed by atoms with Crippen LogP contribution in [0, 0.1) is 11.3 Å². The van der Waals surface area contributed by atoms with E-state index in [1.165, 1.54) is 6.92 Å². The Morgan fingerprint density at radius 2 is 1.70 bits per heavy atom. The fourth-order valence-electron chi connectivity index (χ4n) is 0.428. The van der Waals surface area contributed by atoms with E-state index in [-0.39, 0.29) is 0 Å². The van der Waals surface area contributed by atoms with Gasteiger partial charge < -0.3 is 0 Å². The maximum absolute atomic E-state index is 7.32. The average Bonchev–Trinajstić information content (AvgIpc) is 1.91. The molecule has 0 N–H and O–H groups in total. The summed E-state index contributed by atoms with van der Waals surface area (Å²) in [5.41, 5.74) is 0. The summed E-state index contributed by atoms with van der Waals surface area (Å²) in [7, 11) is 0. The van der Waals surface area contributed by atoms with Gasteiger partial charge in [-0.2, -0.15) is 5.26 Å². The van der Waals surface area contributed by atoms with E-state index in [0.29, 0.717) is 0 Å². The zero-order valence-electron chi connectivity index (χ0n) is 5.78. The Morgan fingerprint density at radius 3 is 1.90 bits per heavy atom. The molecule has 0 heterocycles. The predicted octanol–water partition coefficient (Wildman–Crippen LogP) is 2.51. The minimum absolute atomic E-state index is 1.02. The molecular formula is C8H9NS. The van der Waals surface area contributed by atoms with Crippen molar-refractivity contribution in [3.8, 4) is 6.07 Å². The van der Waals surface area contributed by atoms with Crippen LogP contribution in [0.5, 0.6) is 0 Å². The molecule has 1 rings (SSSR count). The first kappa shape index (κ1) is 9.06. The van der Waals surface area contributed by atoms with Gasteiger partial charge in [0.15, 0.2) is 0 Å². The Balaban J connectivity index is 0.000000236. The van der Waals surface area contributed by atoms with E-state index in [4.69, 9.17) is 5.26 Å². The topological polar surface area (TPSA) is 23.8 Å². The zero-order chi connectivity index (χ0) is 7.82. The summed E-state index contributed by atoms with van der Waals surface area (Å²) in [6.45, 7) is 1.43. The van der Waals surface area contributed by atoms with Crippen molar-refractivity contribution in [1.82, 2.24) is 0 Å². The number of benzene rings is 1. The van der Waals surface area contributed by atoms with Crippen LogP contribution in [-0.4, -0.2) is 0 Å². The van der Waals surface area contributed by atoms with Crippen molar-refractivity contribution in [2.75, 3.05) is 0 Å². The molecule has 10 heavy (non-hydrogen) atoms. The molecule has 0 amide bonds. The molecule has 0 aliphatic carbocycles. The molecule has 0 aromatic heterocycles. The third kappa shape index (κ3) is 5.20. The van der Waals surface area contributed by atoms with Gasteiger partial charge in [-0.3, -0.25) is 0 Å². The minimum Gasteiger partial charge on any atom is -0.199 e. The van der Waals surface area contributed by atoms with E-state index >= 15 is 0 Å². The van der Waals surface area contributed by atoms with Gasteiger partial charge in [-0.25, -0.2) is 0 Å². The molecule has 1 aromatic rings. The molecule has 0 fully saturated rings. The van der Waals surface area contributed by atoms with Gasteiger partial charge in [0.1, 0.15) is 0 Å². The standard InChI is InChI=1S/C6H6S.C2H3N/c7-6-4-2-1-3-5-6;1-2-3/h1-5,7H;1H3. The quantitative estimate of drug-likeness (QED) is 0.566. The lowest BCUT2D eigenvalue weighted by molar-refractivity contribution is 1.48. The number of thiol groups is 1. The van der Waals surface area contributed by atoms with Crippen LogP contribution in [0.15, 0.2) is 35.2 Å². The van der Waals surface area contributed by atoms with Gasteiger partial charge in [0, 0.05) is 11.8 Å². The molecular weight excluding hydrogens is 142 g/mol. The minimum atomic E-state index is 1.02. The first-order chi connectivity index (χ1) is 4.81. The van der Waals surface area contributed by atoms with Crippen molar-refractivity contribution >= 4 is 12.6 Å². The zero-order valence-corrected chi connectivity index (χ0v) is 6.68. The molecule has 0 unspecified atom stereocenters. The van der Waals surface area contributed by atoms with Gasteiger partial charge in [-0.05, 0) is 12.1 Å². The van der Waals surface area contributed by atoms with Crippen LogP contribution < -0.4 is 0 Å². The summed E-state index contributed by atoms with van der Waals surface area (Å²) < 4.78 is 0. The molecule has 0 saturated heterocycles. The van der Waals surface area contributed by atoms with Gasteiger partial charge in [-0.1, -0.05) is 18.2 Å². The second-order valence-corrected chi connectivity index (χ2v) is 2.08. The van der Waals surface area contributed by atoms with Crippen molar-refractivity contribution in [2.45, 2.75) is 11.8 Å². The first-order valence-electron chi connectivity index (χ1n) is 2.86. The van der Waals surface area contributed by atoms with Crippen LogP contribution in [0.3, 0.4) is 0 Å². The van der Waals surface area contributed by atoms with E-state index in [9.17, 15) is 0 Å². The molecule has 0 aliphatic rings. The SMILES string of the molecule is CC#N.Sc1ccccc1. The summed E-state index contributed by atoms with van der Waals surface area (Å²) in [6.07, 6.45) is 0. The molecule has 2 heteroatoms. The summed E-state index contributed by atoms with van der Waals surface area (Å²) in [4.78, 5) is 1.02. The van der Waals surface area contributed by atoms with E-state index in [1.807, 2.05) is 30.3 Å². The molecule has 0 spiro atoms. The third-order valence-electron chi connectivity index (χ3n) is 0.756. The maximum Gasteiger partial charge on any atom is 0.0587 e. The number of rotatable bonds is 0. The lowest BCUT2D eigenvalue weighted by atomic mass is 10.4. The summed E-state index contributed by atoms with van der Waals surface area (Å²) in [6, 6.07) is 11.5. The average molecular weight is 151 g/mol. The highest BCUT2D eigenvalue weighted by atomic mass is 32.1. The Kier molecular flexibility index (Phi) is 5.60. The third-order valence-corrected chi connectivity index (χ3v) is 1.05. The van der Waals surface area contributed by atoms with Crippen molar-refractivity contribution in [2.24, 2.45) is 0 Å². The van der Waals surface area contributed by atoms with Crippen molar-refractivity contribution < 1.29 is 0 Å². The van der Waals surface area contributed by atoms with Crippen LogP contribution in [-0.2, 0) is 0 Å². The second kappa shape index (κ2) is 6.18. The van der Waals surface area contributed by atoms with Crippen LogP contribution >= 0.6 is 12.6 Å². The van der Waals surface area contributed by atoms with Gasteiger partial charge in [0.2, 0.25) is 0 Å². The number of hydrogen-bond acceptors (Lipinski definition) is 2. The number of hydrogen-bond donors (Lipinski definition) is 1. The summed E-state index contributed by atoms with van der Waals surface area (Å²) in [5.74, 6) is 0. The Bertz CT molecular complexity index is 200. The molecule has 0 atom stereocenters. The predicted molar refractivity (Wildman–Crippen MR) is 45.0 cm³/mol. The van der Waals surface area contributed by atoms with Crippen molar-refractivity contribution in [3.05, 3.63) is 30.3 Å². The van der Waals surface area contributed by atoms with Crippen molar-refractivity contribution in [1.29, 1.82) is 5.26 Å². The molecule has 0 aliphatic heterocycles.